The van der Waals surface area contributed by atoms with Crippen molar-refractivity contribution in [2.24, 2.45) is 0 Å². The summed E-state index contributed by atoms with van der Waals surface area (Å²) in [6.45, 7) is 1.69. The summed E-state index contributed by atoms with van der Waals surface area (Å²) in [5.41, 5.74) is 0.964. The van der Waals surface area contributed by atoms with Crippen molar-refractivity contribution in [1.82, 2.24) is 10.2 Å². The Morgan fingerprint density at radius 2 is 2.05 bits per heavy atom. The fourth-order valence-corrected chi connectivity index (χ4v) is 2.54. The third kappa shape index (κ3) is 3.47. The zero-order chi connectivity index (χ0) is 13.7. The van der Waals surface area contributed by atoms with Gasteiger partial charge in [0.1, 0.15) is 5.75 Å². The van der Waals surface area contributed by atoms with Gasteiger partial charge >= 0.3 is 0 Å². The van der Waals surface area contributed by atoms with E-state index in [0.717, 1.165) is 37.2 Å². The molecule has 1 aromatic carbocycles. The van der Waals surface area contributed by atoms with Gasteiger partial charge in [0.15, 0.2) is 0 Å². The van der Waals surface area contributed by atoms with Gasteiger partial charge in [-0.05, 0) is 26.0 Å². The monoisotopic (exact) mass is 262 g/mol. The lowest BCUT2D eigenvalue weighted by Crippen LogP contribution is -2.44. The number of amides is 1. The van der Waals surface area contributed by atoms with Gasteiger partial charge in [-0.3, -0.25) is 4.79 Å². The van der Waals surface area contributed by atoms with E-state index in [1.807, 2.05) is 36.2 Å². The number of ether oxygens (including phenoxy) is 1. The molecule has 0 saturated carbocycles. The lowest BCUT2D eigenvalue weighted by molar-refractivity contribution is -0.131. The van der Waals surface area contributed by atoms with Gasteiger partial charge in [-0.15, -0.1) is 0 Å². The molecule has 0 aromatic heterocycles. The van der Waals surface area contributed by atoms with Crippen LogP contribution in [0.4, 0.5) is 0 Å². The topological polar surface area (TPSA) is 41.6 Å². The molecule has 1 aliphatic rings. The van der Waals surface area contributed by atoms with Gasteiger partial charge in [0.2, 0.25) is 5.91 Å². The second kappa shape index (κ2) is 6.57. The number of nitrogens with zero attached hydrogens (tertiary/aromatic N) is 1. The van der Waals surface area contributed by atoms with Crippen molar-refractivity contribution in [2.75, 3.05) is 27.2 Å². The summed E-state index contributed by atoms with van der Waals surface area (Å²) in [4.78, 5) is 14.2. The predicted molar refractivity (Wildman–Crippen MR) is 75.4 cm³/mol. The molecule has 0 unspecified atom stereocenters. The quantitative estimate of drug-likeness (QED) is 0.893. The standard InChI is InChI=1S/C15H22N2O2/c1-16-13-7-9-17(10-8-13)15(18)11-12-5-3-4-6-14(12)19-2/h3-6,13,16H,7-11H2,1-2H3. The Balaban J connectivity index is 1.94. The summed E-state index contributed by atoms with van der Waals surface area (Å²) in [5, 5.41) is 3.27. The van der Waals surface area contributed by atoms with Gasteiger partial charge in [-0.25, -0.2) is 0 Å². The fourth-order valence-electron chi connectivity index (χ4n) is 2.54. The molecule has 1 aliphatic heterocycles. The minimum absolute atomic E-state index is 0.194. The molecule has 4 nitrogen and oxygen atoms in total. The summed E-state index contributed by atoms with van der Waals surface area (Å²) in [7, 11) is 3.62. The van der Waals surface area contributed by atoms with Gasteiger partial charge in [0.25, 0.3) is 0 Å². The number of carbonyl (C=O) groups is 1. The molecule has 104 valence electrons. The van der Waals surface area contributed by atoms with Crippen molar-refractivity contribution in [3.8, 4) is 5.75 Å². The summed E-state index contributed by atoms with van der Waals surface area (Å²) in [5.74, 6) is 0.986. The molecule has 0 bridgehead atoms. The molecular formula is C15H22N2O2. The molecule has 2 rings (SSSR count). The second-order valence-electron chi connectivity index (χ2n) is 4.93. The van der Waals surface area contributed by atoms with Crippen LogP contribution >= 0.6 is 0 Å². The van der Waals surface area contributed by atoms with E-state index < -0.39 is 0 Å². The average Bonchev–Trinajstić information content (AvgIpc) is 2.48. The van der Waals surface area contributed by atoms with E-state index in [1.54, 1.807) is 7.11 Å². The molecule has 1 saturated heterocycles. The second-order valence-corrected chi connectivity index (χ2v) is 4.93. The molecular weight excluding hydrogens is 240 g/mol. The first kappa shape index (κ1) is 13.9. The average molecular weight is 262 g/mol. The van der Waals surface area contributed by atoms with E-state index in [4.69, 9.17) is 4.74 Å². The van der Waals surface area contributed by atoms with Gasteiger partial charge in [-0.1, -0.05) is 18.2 Å². The summed E-state index contributed by atoms with van der Waals surface area (Å²) in [6.07, 6.45) is 2.50. The van der Waals surface area contributed by atoms with Crippen LogP contribution in [0.2, 0.25) is 0 Å². The van der Waals surface area contributed by atoms with E-state index in [0.29, 0.717) is 12.5 Å². The number of para-hydroxylation sites is 1. The summed E-state index contributed by atoms with van der Waals surface area (Å²) >= 11 is 0. The minimum atomic E-state index is 0.194. The van der Waals surface area contributed by atoms with Crippen LogP contribution in [0.5, 0.6) is 5.75 Å². The summed E-state index contributed by atoms with van der Waals surface area (Å²) < 4.78 is 5.29. The third-order valence-corrected chi connectivity index (χ3v) is 3.79. The molecule has 1 heterocycles. The van der Waals surface area contributed by atoms with Crippen molar-refractivity contribution < 1.29 is 9.53 Å². The van der Waals surface area contributed by atoms with E-state index in [1.165, 1.54) is 0 Å². The predicted octanol–water partition coefficient (Wildman–Crippen LogP) is 1.45. The van der Waals surface area contributed by atoms with Gasteiger partial charge in [-0.2, -0.15) is 0 Å². The van der Waals surface area contributed by atoms with Crippen LogP contribution in [0.15, 0.2) is 24.3 Å². The van der Waals surface area contributed by atoms with Gasteiger partial charge in [0, 0.05) is 24.7 Å². The number of piperidine rings is 1. The van der Waals surface area contributed by atoms with E-state index >= 15 is 0 Å². The maximum absolute atomic E-state index is 12.3. The van der Waals surface area contributed by atoms with Crippen molar-refractivity contribution in [3.05, 3.63) is 29.8 Å². The van der Waals surface area contributed by atoms with Gasteiger partial charge in [0.05, 0.1) is 13.5 Å². The lowest BCUT2D eigenvalue weighted by atomic mass is 10.0. The highest BCUT2D eigenvalue weighted by Gasteiger charge is 2.22. The Morgan fingerprint density at radius 1 is 1.37 bits per heavy atom. The first-order chi connectivity index (χ1) is 9.24. The Bertz CT molecular complexity index is 426. The number of methoxy groups -OCH3 is 1. The molecule has 1 fully saturated rings. The molecule has 0 radical (unpaired) electrons. The van der Waals surface area contributed by atoms with Crippen LogP contribution in [0.3, 0.4) is 0 Å². The van der Waals surface area contributed by atoms with Crippen molar-refractivity contribution >= 4 is 5.91 Å². The molecule has 4 heteroatoms. The number of nitrogens with one attached hydrogen (secondary N) is 1. The number of likely N-dealkylation sites (tertiary alicyclic amines) is 1. The molecule has 1 amide bonds. The number of benzene rings is 1. The smallest absolute Gasteiger partial charge is 0.227 e. The normalized spacial score (nSPS) is 16.4. The van der Waals surface area contributed by atoms with Crippen LogP contribution in [0.1, 0.15) is 18.4 Å². The molecule has 0 atom stereocenters. The van der Waals surface area contributed by atoms with Crippen LogP contribution < -0.4 is 10.1 Å². The van der Waals surface area contributed by atoms with E-state index in [9.17, 15) is 4.79 Å². The van der Waals surface area contributed by atoms with Crippen molar-refractivity contribution in [1.29, 1.82) is 0 Å². The van der Waals surface area contributed by atoms with Crippen molar-refractivity contribution in [3.63, 3.8) is 0 Å². The first-order valence-corrected chi connectivity index (χ1v) is 6.81. The largest absolute Gasteiger partial charge is 0.496 e. The highest BCUT2D eigenvalue weighted by atomic mass is 16.5. The Kier molecular flexibility index (Phi) is 4.80. The SMILES string of the molecule is CNC1CCN(C(=O)Cc2ccccc2OC)CC1. The highest BCUT2D eigenvalue weighted by Crippen LogP contribution is 2.19. The van der Waals surface area contributed by atoms with Crippen LogP contribution in [-0.2, 0) is 11.2 Å². The maximum Gasteiger partial charge on any atom is 0.227 e. The fraction of sp³-hybridized carbons (Fsp3) is 0.533. The van der Waals surface area contributed by atoms with E-state index in [-0.39, 0.29) is 5.91 Å². The molecule has 0 spiro atoms. The Morgan fingerprint density at radius 3 is 2.68 bits per heavy atom. The van der Waals surface area contributed by atoms with Crippen LogP contribution in [-0.4, -0.2) is 44.1 Å². The first-order valence-electron chi connectivity index (χ1n) is 6.81. The minimum Gasteiger partial charge on any atom is -0.496 e. The molecule has 19 heavy (non-hydrogen) atoms. The lowest BCUT2D eigenvalue weighted by Gasteiger charge is -2.32. The van der Waals surface area contributed by atoms with Crippen LogP contribution in [0, 0.1) is 0 Å². The Labute approximate surface area is 114 Å². The number of hydrogen-bond acceptors (Lipinski definition) is 3. The number of rotatable bonds is 4. The highest BCUT2D eigenvalue weighted by molar-refractivity contribution is 5.79. The molecule has 0 aliphatic carbocycles. The molecule has 1 N–H and O–H groups in total. The van der Waals surface area contributed by atoms with Crippen molar-refractivity contribution in [2.45, 2.75) is 25.3 Å². The third-order valence-electron chi connectivity index (χ3n) is 3.79. The summed E-state index contributed by atoms with van der Waals surface area (Å²) in [6, 6.07) is 8.27. The Hall–Kier alpha value is -1.55. The van der Waals surface area contributed by atoms with Gasteiger partial charge < -0.3 is 15.0 Å². The van der Waals surface area contributed by atoms with Crippen LogP contribution in [0.25, 0.3) is 0 Å². The molecule has 1 aromatic rings. The zero-order valence-electron chi connectivity index (χ0n) is 11.7. The number of carbonyl (C=O) groups excluding carboxylic acids is 1. The van der Waals surface area contributed by atoms with E-state index in [2.05, 4.69) is 5.32 Å². The maximum atomic E-state index is 12.3. The number of hydrogen-bond donors (Lipinski definition) is 1. The zero-order valence-corrected chi connectivity index (χ0v) is 11.7.